The van der Waals surface area contributed by atoms with Gasteiger partial charge in [-0.15, -0.1) is 0 Å². The van der Waals surface area contributed by atoms with E-state index in [1.54, 1.807) is 12.1 Å². The zero-order valence-corrected chi connectivity index (χ0v) is 11.7. The standard InChI is InChI=1S/C17H18FNO2/c18-13-5-1-10(2-6-13)9-19-15(21)8-14(20)16-11-3-4-12(7-11)17(16)19/h1-2,5-6,8,11-12,16-17,20H,3-4,7,9H2/t11-,12+,16-,17-/m0/s1. The lowest BCUT2D eigenvalue weighted by atomic mass is 9.80. The fraction of sp³-hybridized carbons (Fsp3) is 0.471. The van der Waals surface area contributed by atoms with E-state index in [4.69, 9.17) is 0 Å². The fourth-order valence-electron chi connectivity index (χ4n) is 4.55. The average Bonchev–Trinajstić information content (AvgIpc) is 3.06. The molecule has 21 heavy (non-hydrogen) atoms. The first-order valence-electron chi connectivity index (χ1n) is 7.59. The van der Waals surface area contributed by atoms with Crippen LogP contribution >= 0.6 is 0 Å². The third-order valence-corrected chi connectivity index (χ3v) is 5.39. The summed E-state index contributed by atoms with van der Waals surface area (Å²) in [5.41, 5.74) is 0.932. The van der Waals surface area contributed by atoms with Gasteiger partial charge >= 0.3 is 0 Å². The number of benzene rings is 1. The molecule has 1 aromatic carbocycles. The summed E-state index contributed by atoms with van der Waals surface area (Å²) in [6, 6.07) is 6.42. The fourth-order valence-corrected chi connectivity index (χ4v) is 4.55. The predicted molar refractivity (Wildman–Crippen MR) is 75.8 cm³/mol. The van der Waals surface area contributed by atoms with Gasteiger partial charge in [0.1, 0.15) is 11.6 Å². The van der Waals surface area contributed by atoms with Crippen LogP contribution in [0.1, 0.15) is 24.8 Å². The van der Waals surface area contributed by atoms with Crippen molar-refractivity contribution in [2.45, 2.75) is 31.8 Å². The summed E-state index contributed by atoms with van der Waals surface area (Å²) < 4.78 is 13.0. The molecule has 4 atom stereocenters. The molecule has 3 aliphatic rings. The number of hydrogen-bond donors (Lipinski definition) is 1. The summed E-state index contributed by atoms with van der Waals surface area (Å²) in [4.78, 5) is 14.2. The summed E-state index contributed by atoms with van der Waals surface area (Å²) >= 11 is 0. The van der Waals surface area contributed by atoms with E-state index >= 15 is 0 Å². The second-order valence-electron chi connectivity index (χ2n) is 6.51. The van der Waals surface area contributed by atoms with Crippen LogP contribution in [-0.4, -0.2) is 22.0 Å². The van der Waals surface area contributed by atoms with Crippen molar-refractivity contribution in [2.24, 2.45) is 17.8 Å². The van der Waals surface area contributed by atoms with Crippen LogP contribution in [0, 0.1) is 23.6 Å². The minimum atomic E-state index is -0.265. The Balaban J connectivity index is 1.64. The van der Waals surface area contributed by atoms with Gasteiger partial charge in [-0.25, -0.2) is 4.39 Å². The number of aliphatic hydroxyl groups excluding tert-OH is 1. The summed E-state index contributed by atoms with van der Waals surface area (Å²) in [5, 5.41) is 10.2. The number of fused-ring (bicyclic) bond motifs is 5. The highest BCUT2D eigenvalue weighted by molar-refractivity contribution is 5.89. The number of halogens is 1. The Hall–Kier alpha value is -1.84. The number of hydrogen-bond acceptors (Lipinski definition) is 2. The molecule has 0 saturated heterocycles. The second kappa shape index (κ2) is 4.58. The molecule has 1 aliphatic heterocycles. The third-order valence-electron chi connectivity index (χ3n) is 5.39. The van der Waals surface area contributed by atoms with Crippen molar-refractivity contribution in [2.75, 3.05) is 0 Å². The molecule has 2 saturated carbocycles. The van der Waals surface area contributed by atoms with E-state index in [0.717, 1.165) is 24.8 Å². The Bertz CT molecular complexity index is 610. The monoisotopic (exact) mass is 287 g/mol. The highest BCUT2D eigenvalue weighted by Crippen LogP contribution is 2.54. The number of aliphatic hydroxyl groups is 1. The quantitative estimate of drug-likeness (QED) is 0.908. The van der Waals surface area contributed by atoms with Gasteiger partial charge in [-0.2, -0.15) is 0 Å². The molecule has 3 nitrogen and oxygen atoms in total. The molecule has 4 rings (SSSR count). The Kier molecular flexibility index (Phi) is 2.81. The van der Waals surface area contributed by atoms with E-state index in [1.807, 2.05) is 4.90 Å². The number of carbonyl (C=O) groups is 1. The van der Waals surface area contributed by atoms with E-state index in [-0.39, 0.29) is 29.4 Å². The lowest BCUT2D eigenvalue weighted by molar-refractivity contribution is -0.133. The van der Waals surface area contributed by atoms with E-state index < -0.39 is 0 Å². The largest absolute Gasteiger partial charge is 0.512 e. The predicted octanol–water partition coefficient (Wildman–Crippen LogP) is 3.02. The molecule has 110 valence electrons. The molecule has 1 amide bonds. The van der Waals surface area contributed by atoms with Gasteiger partial charge in [0, 0.05) is 24.6 Å². The highest BCUT2D eigenvalue weighted by atomic mass is 19.1. The van der Waals surface area contributed by atoms with Crippen molar-refractivity contribution >= 4 is 5.91 Å². The summed E-state index contributed by atoms with van der Waals surface area (Å²) in [6.07, 6.45) is 4.79. The van der Waals surface area contributed by atoms with Gasteiger partial charge < -0.3 is 10.0 Å². The Morgan fingerprint density at radius 2 is 1.90 bits per heavy atom. The SMILES string of the molecule is O=C1C=C(O)[C@@H]2[C@H]3CC[C@H](C3)[C@@H]2N1Cc1ccc(F)cc1. The molecule has 0 unspecified atom stereocenters. The number of carbonyl (C=O) groups excluding carboxylic acids is 1. The summed E-state index contributed by atoms with van der Waals surface area (Å²) in [7, 11) is 0. The zero-order chi connectivity index (χ0) is 14.6. The van der Waals surface area contributed by atoms with Crippen LogP contribution in [0.5, 0.6) is 0 Å². The van der Waals surface area contributed by atoms with Crippen LogP contribution in [0.4, 0.5) is 4.39 Å². The van der Waals surface area contributed by atoms with Crippen LogP contribution in [0.2, 0.25) is 0 Å². The normalized spacial score (nSPS) is 34.0. The molecule has 1 heterocycles. The molecule has 0 spiro atoms. The molecule has 4 heteroatoms. The lowest BCUT2D eigenvalue weighted by Gasteiger charge is -2.42. The summed E-state index contributed by atoms with van der Waals surface area (Å²) in [6.45, 7) is 0.493. The van der Waals surface area contributed by atoms with Crippen LogP contribution in [-0.2, 0) is 11.3 Å². The number of rotatable bonds is 2. The van der Waals surface area contributed by atoms with Crippen molar-refractivity contribution in [1.82, 2.24) is 4.90 Å². The summed E-state index contributed by atoms with van der Waals surface area (Å²) in [5.74, 6) is 1.01. The third kappa shape index (κ3) is 1.96. The first-order chi connectivity index (χ1) is 10.1. The molecule has 0 radical (unpaired) electrons. The lowest BCUT2D eigenvalue weighted by Crippen LogP contribution is -2.50. The Morgan fingerprint density at radius 1 is 1.19 bits per heavy atom. The van der Waals surface area contributed by atoms with Gasteiger partial charge in [0.05, 0.1) is 0 Å². The van der Waals surface area contributed by atoms with E-state index in [0.29, 0.717) is 18.4 Å². The van der Waals surface area contributed by atoms with Crippen LogP contribution in [0.3, 0.4) is 0 Å². The Labute approximate surface area is 123 Å². The van der Waals surface area contributed by atoms with Gasteiger partial charge in [-0.05, 0) is 48.8 Å². The van der Waals surface area contributed by atoms with E-state index in [2.05, 4.69) is 0 Å². The van der Waals surface area contributed by atoms with Crippen molar-refractivity contribution in [1.29, 1.82) is 0 Å². The van der Waals surface area contributed by atoms with Crippen molar-refractivity contribution in [3.8, 4) is 0 Å². The molecule has 1 N–H and O–H groups in total. The highest BCUT2D eigenvalue weighted by Gasteiger charge is 2.54. The first kappa shape index (κ1) is 12.9. The molecule has 2 fully saturated rings. The van der Waals surface area contributed by atoms with Crippen molar-refractivity contribution < 1.29 is 14.3 Å². The van der Waals surface area contributed by atoms with E-state index in [9.17, 15) is 14.3 Å². The topological polar surface area (TPSA) is 40.5 Å². The van der Waals surface area contributed by atoms with Gasteiger partial charge in [-0.1, -0.05) is 12.1 Å². The maximum Gasteiger partial charge on any atom is 0.250 e. The molecular formula is C17H18FNO2. The van der Waals surface area contributed by atoms with Gasteiger partial charge in [0.2, 0.25) is 0 Å². The van der Waals surface area contributed by atoms with E-state index in [1.165, 1.54) is 18.2 Å². The average molecular weight is 287 g/mol. The second-order valence-corrected chi connectivity index (χ2v) is 6.51. The van der Waals surface area contributed by atoms with Crippen LogP contribution in [0.15, 0.2) is 36.1 Å². The molecule has 0 aromatic heterocycles. The maximum absolute atomic E-state index is 13.0. The van der Waals surface area contributed by atoms with Crippen LogP contribution in [0.25, 0.3) is 0 Å². The molecular weight excluding hydrogens is 269 g/mol. The number of nitrogens with zero attached hydrogens (tertiary/aromatic N) is 1. The van der Waals surface area contributed by atoms with Gasteiger partial charge in [0.25, 0.3) is 5.91 Å². The zero-order valence-electron chi connectivity index (χ0n) is 11.7. The Morgan fingerprint density at radius 3 is 2.67 bits per heavy atom. The first-order valence-corrected chi connectivity index (χ1v) is 7.59. The number of amides is 1. The van der Waals surface area contributed by atoms with Gasteiger partial charge in [0.15, 0.2) is 0 Å². The molecule has 2 aliphatic carbocycles. The van der Waals surface area contributed by atoms with Crippen LogP contribution < -0.4 is 0 Å². The molecule has 2 bridgehead atoms. The van der Waals surface area contributed by atoms with Crippen molar-refractivity contribution in [3.05, 3.63) is 47.5 Å². The minimum absolute atomic E-state index is 0.113. The molecule has 1 aromatic rings. The minimum Gasteiger partial charge on any atom is -0.512 e. The maximum atomic E-state index is 13.0. The smallest absolute Gasteiger partial charge is 0.250 e. The van der Waals surface area contributed by atoms with Crippen molar-refractivity contribution in [3.63, 3.8) is 0 Å². The van der Waals surface area contributed by atoms with Gasteiger partial charge in [-0.3, -0.25) is 4.79 Å².